The minimum atomic E-state index is -0.338. The average molecular weight is 366 g/mol. The standard InChI is InChI=1S/C21H23FN4O/c1-3-6-15(4-2)25-21(27)17-12-24-20(23)19-16(17)9-10-18(26-19)13-7-5-8-14(22)11-13/h5,7-12,15H,3-4,6H2,1-2H3,(H2,23,24)(H,25,27). The molecule has 0 aliphatic heterocycles. The number of halogens is 1. The highest BCUT2D eigenvalue weighted by molar-refractivity contribution is 6.08. The van der Waals surface area contributed by atoms with Crippen LogP contribution in [0.3, 0.4) is 0 Å². The third kappa shape index (κ3) is 4.05. The summed E-state index contributed by atoms with van der Waals surface area (Å²) in [6, 6.07) is 9.85. The summed E-state index contributed by atoms with van der Waals surface area (Å²) in [6.07, 6.45) is 4.26. The molecule has 0 saturated carbocycles. The maximum absolute atomic E-state index is 13.5. The van der Waals surface area contributed by atoms with E-state index in [1.807, 2.05) is 6.92 Å². The van der Waals surface area contributed by atoms with Crippen molar-refractivity contribution in [2.24, 2.45) is 0 Å². The summed E-state index contributed by atoms with van der Waals surface area (Å²) < 4.78 is 13.5. The van der Waals surface area contributed by atoms with Gasteiger partial charge < -0.3 is 11.1 Å². The molecule has 0 bridgehead atoms. The van der Waals surface area contributed by atoms with E-state index in [9.17, 15) is 9.18 Å². The number of nitrogens with one attached hydrogen (secondary N) is 1. The van der Waals surface area contributed by atoms with Gasteiger partial charge >= 0.3 is 0 Å². The fourth-order valence-corrected chi connectivity index (χ4v) is 3.12. The number of hydrogen-bond donors (Lipinski definition) is 2. The van der Waals surface area contributed by atoms with Gasteiger partial charge in [0.25, 0.3) is 5.91 Å². The van der Waals surface area contributed by atoms with Crippen LogP contribution in [0.1, 0.15) is 43.5 Å². The lowest BCUT2D eigenvalue weighted by Crippen LogP contribution is -2.34. The number of rotatable bonds is 6. The first-order valence-electron chi connectivity index (χ1n) is 9.15. The van der Waals surface area contributed by atoms with Crippen molar-refractivity contribution in [3.8, 4) is 11.3 Å². The van der Waals surface area contributed by atoms with Gasteiger partial charge in [-0.05, 0) is 37.1 Å². The van der Waals surface area contributed by atoms with E-state index < -0.39 is 0 Å². The fourth-order valence-electron chi connectivity index (χ4n) is 3.12. The van der Waals surface area contributed by atoms with Gasteiger partial charge in [-0.15, -0.1) is 0 Å². The number of nitrogen functional groups attached to an aromatic ring is 1. The van der Waals surface area contributed by atoms with Crippen molar-refractivity contribution in [2.75, 3.05) is 5.73 Å². The number of hydrogen-bond acceptors (Lipinski definition) is 4. The monoisotopic (exact) mass is 366 g/mol. The second kappa shape index (κ2) is 8.12. The van der Waals surface area contributed by atoms with Gasteiger partial charge in [0.15, 0.2) is 0 Å². The maximum Gasteiger partial charge on any atom is 0.253 e. The number of fused-ring (bicyclic) bond motifs is 1. The minimum absolute atomic E-state index is 0.120. The molecule has 6 heteroatoms. The van der Waals surface area contributed by atoms with Gasteiger partial charge in [-0.2, -0.15) is 0 Å². The molecule has 1 aromatic carbocycles. The van der Waals surface area contributed by atoms with E-state index in [1.54, 1.807) is 24.3 Å². The predicted molar refractivity (Wildman–Crippen MR) is 106 cm³/mol. The summed E-state index contributed by atoms with van der Waals surface area (Å²) in [7, 11) is 0. The third-order valence-corrected chi connectivity index (χ3v) is 4.59. The molecule has 1 atom stereocenters. The summed E-state index contributed by atoms with van der Waals surface area (Å²) in [5, 5.41) is 3.68. The molecule has 0 aliphatic carbocycles. The molecule has 0 saturated heterocycles. The predicted octanol–water partition coefficient (Wildman–Crippen LogP) is 4.33. The molecule has 2 aromatic heterocycles. The van der Waals surface area contributed by atoms with Crippen LogP contribution in [0.2, 0.25) is 0 Å². The highest BCUT2D eigenvalue weighted by atomic mass is 19.1. The number of aromatic nitrogens is 2. The summed E-state index contributed by atoms with van der Waals surface area (Å²) in [5.74, 6) is -0.288. The van der Waals surface area contributed by atoms with Crippen LogP contribution in [0.4, 0.5) is 10.2 Å². The van der Waals surface area contributed by atoms with Gasteiger partial charge in [-0.3, -0.25) is 4.79 Å². The maximum atomic E-state index is 13.5. The molecular weight excluding hydrogens is 343 g/mol. The van der Waals surface area contributed by atoms with E-state index in [4.69, 9.17) is 5.73 Å². The molecule has 0 fully saturated rings. The second-order valence-electron chi connectivity index (χ2n) is 6.53. The number of carbonyl (C=O) groups is 1. The lowest BCUT2D eigenvalue weighted by Gasteiger charge is -2.17. The van der Waals surface area contributed by atoms with Gasteiger partial charge in [0, 0.05) is 23.2 Å². The van der Waals surface area contributed by atoms with E-state index >= 15 is 0 Å². The van der Waals surface area contributed by atoms with Crippen LogP contribution in [-0.2, 0) is 0 Å². The Labute approximate surface area is 157 Å². The number of carbonyl (C=O) groups excluding carboxylic acids is 1. The van der Waals surface area contributed by atoms with E-state index in [1.165, 1.54) is 18.3 Å². The van der Waals surface area contributed by atoms with E-state index in [-0.39, 0.29) is 23.6 Å². The molecule has 0 aliphatic rings. The van der Waals surface area contributed by atoms with Gasteiger partial charge in [0.1, 0.15) is 17.2 Å². The number of nitrogens with zero attached hydrogens (tertiary/aromatic N) is 2. The number of pyridine rings is 2. The largest absolute Gasteiger partial charge is 0.382 e. The minimum Gasteiger partial charge on any atom is -0.382 e. The van der Waals surface area contributed by atoms with Crippen LogP contribution in [0.15, 0.2) is 42.6 Å². The highest BCUT2D eigenvalue weighted by Gasteiger charge is 2.17. The van der Waals surface area contributed by atoms with Crippen molar-refractivity contribution in [3.05, 3.63) is 54.0 Å². The normalized spacial score (nSPS) is 12.1. The molecule has 3 rings (SSSR count). The van der Waals surface area contributed by atoms with Crippen molar-refractivity contribution in [1.29, 1.82) is 0 Å². The molecular formula is C21H23FN4O. The zero-order valence-electron chi connectivity index (χ0n) is 15.5. The van der Waals surface area contributed by atoms with Crippen molar-refractivity contribution >= 4 is 22.6 Å². The summed E-state index contributed by atoms with van der Waals surface area (Å²) in [5.41, 5.74) is 8.09. The Balaban J connectivity index is 2.01. The number of anilines is 1. The summed E-state index contributed by atoms with van der Waals surface area (Å²) in [4.78, 5) is 21.4. The number of benzene rings is 1. The molecule has 27 heavy (non-hydrogen) atoms. The first-order valence-corrected chi connectivity index (χ1v) is 9.15. The number of nitrogens with two attached hydrogens (primary N) is 1. The molecule has 3 N–H and O–H groups in total. The smallest absolute Gasteiger partial charge is 0.253 e. The molecule has 5 nitrogen and oxygen atoms in total. The zero-order valence-corrected chi connectivity index (χ0v) is 15.5. The fraction of sp³-hybridized carbons (Fsp3) is 0.286. The Bertz CT molecular complexity index is 974. The van der Waals surface area contributed by atoms with Crippen LogP contribution in [0.5, 0.6) is 0 Å². The number of amides is 1. The van der Waals surface area contributed by atoms with Crippen LogP contribution >= 0.6 is 0 Å². The van der Waals surface area contributed by atoms with E-state index in [0.717, 1.165) is 19.3 Å². The summed E-state index contributed by atoms with van der Waals surface area (Å²) >= 11 is 0. The quantitative estimate of drug-likeness (QED) is 0.680. The molecule has 3 aromatic rings. The second-order valence-corrected chi connectivity index (χ2v) is 6.53. The third-order valence-electron chi connectivity index (χ3n) is 4.59. The first-order chi connectivity index (χ1) is 13.0. The van der Waals surface area contributed by atoms with Gasteiger partial charge in [0.05, 0.1) is 11.3 Å². The molecule has 140 valence electrons. The average Bonchev–Trinajstić information content (AvgIpc) is 2.67. The van der Waals surface area contributed by atoms with E-state index in [2.05, 4.69) is 22.2 Å². The summed E-state index contributed by atoms with van der Waals surface area (Å²) in [6.45, 7) is 4.14. The van der Waals surface area contributed by atoms with Gasteiger partial charge in [-0.25, -0.2) is 14.4 Å². The molecule has 0 radical (unpaired) electrons. The molecule has 0 spiro atoms. The molecule has 1 unspecified atom stereocenters. The Kier molecular flexibility index (Phi) is 5.64. The van der Waals surface area contributed by atoms with Crippen LogP contribution < -0.4 is 11.1 Å². The lowest BCUT2D eigenvalue weighted by atomic mass is 10.1. The van der Waals surface area contributed by atoms with Gasteiger partial charge in [-0.1, -0.05) is 32.4 Å². The van der Waals surface area contributed by atoms with Crippen molar-refractivity contribution in [3.63, 3.8) is 0 Å². The van der Waals surface area contributed by atoms with E-state index in [0.29, 0.717) is 27.7 Å². The Morgan fingerprint density at radius 2 is 2.07 bits per heavy atom. The zero-order chi connectivity index (χ0) is 19.4. The molecule has 2 heterocycles. The highest BCUT2D eigenvalue weighted by Crippen LogP contribution is 2.26. The van der Waals surface area contributed by atoms with Crippen molar-refractivity contribution in [2.45, 2.75) is 39.2 Å². The topological polar surface area (TPSA) is 80.9 Å². The van der Waals surface area contributed by atoms with Crippen LogP contribution in [-0.4, -0.2) is 21.9 Å². The van der Waals surface area contributed by atoms with Crippen LogP contribution in [0, 0.1) is 5.82 Å². The van der Waals surface area contributed by atoms with Crippen molar-refractivity contribution < 1.29 is 9.18 Å². The van der Waals surface area contributed by atoms with Crippen LogP contribution in [0.25, 0.3) is 22.2 Å². The Morgan fingerprint density at radius 1 is 1.26 bits per heavy atom. The lowest BCUT2D eigenvalue weighted by molar-refractivity contribution is 0.0935. The Morgan fingerprint density at radius 3 is 2.78 bits per heavy atom. The molecule has 1 amide bonds. The van der Waals surface area contributed by atoms with Crippen molar-refractivity contribution in [1.82, 2.24) is 15.3 Å². The SMILES string of the molecule is CCCC(CC)NC(=O)c1cnc(N)c2nc(-c3cccc(F)c3)ccc12. The Hall–Kier alpha value is -3.02. The van der Waals surface area contributed by atoms with Gasteiger partial charge in [0.2, 0.25) is 0 Å². The first kappa shape index (κ1) is 18.8.